The minimum Gasteiger partial charge on any atom is -0.382 e. The Bertz CT molecular complexity index is 571. The third-order valence-electron chi connectivity index (χ3n) is 3.21. The van der Waals surface area contributed by atoms with Crippen LogP contribution in [0, 0.1) is 0 Å². The molecule has 1 aliphatic heterocycles. The highest BCUT2D eigenvalue weighted by atomic mass is 32.2. The maximum atomic E-state index is 12.2. The van der Waals surface area contributed by atoms with Crippen LogP contribution in [0.3, 0.4) is 0 Å². The highest BCUT2D eigenvalue weighted by molar-refractivity contribution is 7.93. The Morgan fingerprint density at radius 2 is 1.86 bits per heavy atom. The maximum absolute atomic E-state index is 12.2. The second-order valence-corrected chi connectivity index (χ2v) is 6.87. The molecule has 0 spiro atoms. The monoisotopic (exact) mass is 324 g/mol. The lowest BCUT2D eigenvalue weighted by Crippen LogP contribution is -2.58. The van der Waals surface area contributed by atoms with Gasteiger partial charge < -0.3 is 5.11 Å². The first-order chi connectivity index (χ1) is 9.68. The molecular weight excluding hydrogens is 309 g/mol. The molecule has 9 heteroatoms. The van der Waals surface area contributed by atoms with E-state index in [9.17, 15) is 21.6 Å². The van der Waals surface area contributed by atoms with Gasteiger partial charge in [-0.15, -0.1) is 0 Å². The van der Waals surface area contributed by atoms with Crippen molar-refractivity contribution in [3.8, 4) is 0 Å². The lowest BCUT2D eigenvalue weighted by atomic mass is 10.2. The second kappa shape index (κ2) is 5.82. The van der Waals surface area contributed by atoms with Crippen LogP contribution in [-0.4, -0.2) is 55.6 Å². The van der Waals surface area contributed by atoms with Gasteiger partial charge in [-0.3, -0.25) is 9.62 Å². The van der Waals surface area contributed by atoms with E-state index < -0.39 is 34.1 Å². The van der Waals surface area contributed by atoms with Gasteiger partial charge in [0.2, 0.25) is 10.0 Å². The summed E-state index contributed by atoms with van der Waals surface area (Å²) < 4.78 is 62.9. The van der Waals surface area contributed by atoms with E-state index in [0.29, 0.717) is 5.69 Å². The topological polar surface area (TPSA) is 69.6 Å². The number of rotatable bonds is 5. The summed E-state index contributed by atoms with van der Waals surface area (Å²) in [5, 5.41) is 8.13. The quantitative estimate of drug-likeness (QED) is 0.849. The number of halogens is 3. The van der Waals surface area contributed by atoms with E-state index in [4.69, 9.17) is 5.11 Å². The number of nitrogens with zero attached hydrogens (tertiary/aromatic N) is 1. The molecule has 1 aromatic rings. The molecule has 118 valence electrons. The van der Waals surface area contributed by atoms with Crippen LogP contribution in [0.5, 0.6) is 0 Å². The third-order valence-corrected chi connectivity index (χ3v) is 4.90. The number of hydrogen-bond donors (Lipinski definition) is 2. The number of β-amino-alcohol motifs (C(OH)–C–C–N with tert-alkyl or cyclic N) is 1. The first-order valence-electron chi connectivity index (χ1n) is 6.22. The summed E-state index contributed by atoms with van der Waals surface area (Å²) in [7, 11) is -3.64. The van der Waals surface area contributed by atoms with Crippen molar-refractivity contribution in [2.75, 3.05) is 24.4 Å². The average molecular weight is 324 g/mol. The van der Waals surface area contributed by atoms with Crippen molar-refractivity contribution < 1.29 is 26.7 Å². The van der Waals surface area contributed by atoms with Gasteiger partial charge in [-0.1, -0.05) is 18.2 Å². The molecule has 0 aliphatic carbocycles. The largest absolute Gasteiger partial charge is 0.415 e. The molecule has 1 atom stereocenters. The van der Waals surface area contributed by atoms with Crippen molar-refractivity contribution in [3.05, 3.63) is 30.3 Å². The molecule has 21 heavy (non-hydrogen) atoms. The van der Waals surface area contributed by atoms with Gasteiger partial charge >= 0.3 is 6.18 Å². The second-order valence-electron chi connectivity index (χ2n) is 4.91. The predicted octanol–water partition coefficient (Wildman–Crippen LogP) is 1.04. The third kappa shape index (κ3) is 4.08. The predicted molar refractivity (Wildman–Crippen MR) is 71.3 cm³/mol. The number of aliphatic hydroxyl groups is 1. The Morgan fingerprint density at radius 3 is 2.38 bits per heavy atom. The summed E-state index contributed by atoms with van der Waals surface area (Å²) in [5.74, 6) is 0. The van der Waals surface area contributed by atoms with Gasteiger partial charge in [-0.2, -0.15) is 13.2 Å². The average Bonchev–Trinajstić information content (AvgIpc) is 2.32. The number of hydrogen-bond acceptors (Lipinski definition) is 4. The molecule has 1 heterocycles. The molecule has 2 N–H and O–H groups in total. The summed E-state index contributed by atoms with van der Waals surface area (Å²) in [6.07, 6.45) is -7.14. The van der Waals surface area contributed by atoms with Gasteiger partial charge in [0.1, 0.15) is 5.25 Å². The van der Waals surface area contributed by atoms with E-state index in [1.165, 1.54) is 4.90 Å². The molecule has 1 saturated heterocycles. The molecule has 0 unspecified atom stereocenters. The SMILES string of the molecule is O=S(=O)(Nc1ccccc1)C1CN(C[C@H](O)C(F)(F)F)C1. The molecule has 1 aromatic carbocycles. The number of benzene rings is 1. The summed E-state index contributed by atoms with van der Waals surface area (Å²) in [4.78, 5) is 1.26. The zero-order valence-corrected chi connectivity index (χ0v) is 11.7. The van der Waals surface area contributed by atoms with Crippen LogP contribution in [0.1, 0.15) is 0 Å². The maximum Gasteiger partial charge on any atom is 0.415 e. The van der Waals surface area contributed by atoms with Crippen LogP contribution in [-0.2, 0) is 10.0 Å². The fraction of sp³-hybridized carbons (Fsp3) is 0.500. The number of alkyl halides is 3. The summed E-state index contributed by atoms with van der Waals surface area (Å²) in [6, 6.07) is 8.25. The zero-order valence-electron chi connectivity index (χ0n) is 10.9. The molecule has 2 rings (SSSR count). The van der Waals surface area contributed by atoms with E-state index in [0.717, 1.165) is 0 Å². The number of para-hydroxylation sites is 1. The smallest absolute Gasteiger partial charge is 0.382 e. The van der Waals surface area contributed by atoms with Crippen molar-refractivity contribution in [3.63, 3.8) is 0 Å². The number of aliphatic hydroxyl groups excluding tert-OH is 1. The van der Waals surface area contributed by atoms with Crippen LogP contribution in [0.15, 0.2) is 30.3 Å². The molecular formula is C12H15F3N2O3S. The van der Waals surface area contributed by atoms with Crippen LogP contribution < -0.4 is 4.72 Å². The molecule has 5 nitrogen and oxygen atoms in total. The normalized spacial score (nSPS) is 19.0. The van der Waals surface area contributed by atoms with Crippen molar-refractivity contribution >= 4 is 15.7 Å². The lowest BCUT2D eigenvalue weighted by molar-refractivity contribution is -0.209. The number of sulfonamides is 1. The minimum absolute atomic E-state index is 0.0324. The van der Waals surface area contributed by atoms with E-state index in [1.54, 1.807) is 30.3 Å². The molecule has 1 fully saturated rings. The fourth-order valence-corrected chi connectivity index (χ4v) is 3.42. The van der Waals surface area contributed by atoms with E-state index in [-0.39, 0.29) is 13.1 Å². The van der Waals surface area contributed by atoms with Crippen molar-refractivity contribution in [1.82, 2.24) is 4.90 Å². The van der Waals surface area contributed by atoms with Gasteiger partial charge in [0, 0.05) is 25.3 Å². The van der Waals surface area contributed by atoms with Crippen molar-refractivity contribution in [2.45, 2.75) is 17.5 Å². The van der Waals surface area contributed by atoms with E-state index in [2.05, 4.69) is 4.72 Å². The van der Waals surface area contributed by atoms with Gasteiger partial charge in [0.25, 0.3) is 0 Å². The summed E-state index contributed by atoms with van der Waals surface area (Å²) >= 11 is 0. The Morgan fingerprint density at radius 1 is 1.29 bits per heavy atom. The van der Waals surface area contributed by atoms with Crippen LogP contribution >= 0.6 is 0 Å². The highest BCUT2D eigenvalue weighted by Crippen LogP contribution is 2.24. The first kappa shape index (κ1) is 16.1. The van der Waals surface area contributed by atoms with Gasteiger partial charge in [0.05, 0.1) is 0 Å². The Balaban J connectivity index is 1.86. The van der Waals surface area contributed by atoms with Gasteiger partial charge in [0.15, 0.2) is 6.10 Å². The van der Waals surface area contributed by atoms with Gasteiger partial charge in [-0.25, -0.2) is 8.42 Å². The van der Waals surface area contributed by atoms with E-state index >= 15 is 0 Å². The number of nitrogens with one attached hydrogen (secondary N) is 1. The summed E-state index contributed by atoms with van der Waals surface area (Å²) in [5.41, 5.74) is 0.409. The Labute approximate surface area is 120 Å². The highest BCUT2D eigenvalue weighted by Gasteiger charge is 2.44. The molecule has 0 bridgehead atoms. The van der Waals surface area contributed by atoms with E-state index in [1.807, 2.05) is 0 Å². The van der Waals surface area contributed by atoms with Crippen molar-refractivity contribution in [2.24, 2.45) is 0 Å². The minimum atomic E-state index is -4.69. The standard InChI is InChI=1S/C12H15F3N2O3S/c13-12(14,15)11(18)8-17-6-10(7-17)21(19,20)16-9-4-2-1-3-5-9/h1-5,10-11,16,18H,6-8H2/t11-/m0/s1. The molecule has 0 amide bonds. The molecule has 0 saturated carbocycles. The number of likely N-dealkylation sites (tertiary alicyclic amines) is 1. The molecule has 0 aromatic heterocycles. The molecule has 0 radical (unpaired) electrons. The fourth-order valence-electron chi connectivity index (χ4n) is 1.97. The Hall–Kier alpha value is -1.32. The van der Waals surface area contributed by atoms with Crippen molar-refractivity contribution in [1.29, 1.82) is 0 Å². The zero-order chi connectivity index (χ0) is 15.7. The Kier molecular flexibility index (Phi) is 4.45. The van der Waals surface area contributed by atoms with Crippen LogP contribution in [0.4, 0.5) is 18.9 Å². The van der Waals surface area contributed by atoms with Crippen LogP contribution in [0.25, 0.3) is 0 Å². The van der Waals surface area contributed by atoms with Gasteiger partial charge in [-0.05, 0) is 12.1 Å². The summed E-state index contributed by atoms with van der Waals surface area (Å²) in [6.45, 7) is -0.675. The molecule has 1 aliphatic rings. The van der Waals surface area contributed by atoms with Crippen LogP contribution in [0.2, 0.25) is 0 Å². The first-order valence-corrected chi connectivity index (χ1v) is 7.77. The number of anilines is 1. The lowest BCUT2D eigenvalue weighted by Gasteiger charge is -2.39.